The SMILES string of the molecule is Cc1cc(N2CCC(C)C2CBr)ncc1Br. The zero-order valence-electron chi connectivity index (χ0n) is 9.58. The van der Waals surface area contributed by atoms with Gasteiger partial charge in [0.25, 0.3) is 0 Å². The molecule has 0 aliphatic carbocycles. The van der Waals surface area contributed by atoms with Gasteiger partial charge in [0, 0.05) is 28.6 Å². The van der Waals surface area contributed by atoms with Crippen LogP contribution >= 0.6 is 31.9 Å². The molecule has 0 radical (unpaired) electrons. The van der Waals surface area contributed by atoms with E-state index in [-0.39, 0.29) is 0 Å². The fourth-order valence-electron chi connectivity index (χ4n) is 2.21. The molecule has 0 aromatic carbocycles. The van der Waals surface area contributed by atoms with Crippen LogP contribution < -0.4 is 4.90 Å². The quantitative estimate of drug-likeness (QED) is 0.757. The Hall–Kier alpha value is -0.0900. The Balaban J connectivity index is 2.27. The second-order valence-electron chi connectivity index (χ2n) is 4.47. The fraction of sp³-hybridized carbons (Fsp3) is 0.583. The van der Waals surface area contributed by atoms with Crippen LogP contribution in [0.1, 0.15) is 18.9 Å². The lowest BCUT2D eigenvalue weighted by Crippen LogP contribution is -2.34. The minimum atomic E-state index is 0.577. The van der Waals surface area contributed by atoms with Gasteiger partial charge < -0.3 is 4.90 Å². The molecule has 1 saturated heterocycles. The maximum Gasteiger partial charge on any atom is 0.129 e. The first kappa shape index (κ1) is 12.4. The van der Waals surface area contributed by atoms with E-state index in [1.165, 1.54) is 12.0 Å². The summed E-state index contributed by atoms with van der Waals surface area (Å²) in [6.07, 6.45) is 3.16. The van der Waals surface area contributed by atoms with Gasteiger partial charge in [0.2, 0.25) is 0 Å². The van der Waals surface area contributed by atoms with Gasteiger partial charge in [-0.15, -0.1) is 0 Å². The van der Waals surface area contributed by atoms with Gasteiger partial charge in [0.15, 0.2) is 0 Å². The van der Waals surface area contributed by atoms with Crippen LogP contribution in [0.5, 0.6) is 0 Å². The Labute approximate surface area is 114 Å². The van der Waals surface area contributed by atoms with Gasteiger partial charge in [-0.25, -0.2) is 4.98 Å². The molecule has 0 amide bonds. The third kappa shape index (κ3) is 2.28. The molecule has 1 aliphatic rings. The van der Waals surface area contributed by atoms with Crippen LogP contribution in [0.4, 0.5) is 5.82 Å². The fourth-order valence-corrected chi connectivity index (χ4v) is 3.41. The molecular formula is C12H16Br2N2. The van der Waals surface area contributed by atoms with Crippen LogP contribution in [0.2, 0.25) is 0 Å². The van der Waals surface area contributed by atoms with E-state index in [9.17, 15) is 0 Å². The minimum absolute atomic E-state index is 0.577. The van der Waals surface area contributed by atoms with Gasteiger partial charge in [-0.1, -0.05) is 22.9 Å². The van der Waals surface area contributed by atoms with Crippen molar-refractivity contribution in [2.24, 2.45) is 5.92 Å². The molecule has 1 aromatic rings. The molecule has 2 atom stereocenters. The predicted molar refractivity (Wildman–Crippen MR) is 75.4 cm³/mol. The summed E-state index contributed by atoms with van der Waals surface area (Å²) in [6, 6.07) is 2.74. The van der Waals surface area contributed by atoms with E-state index in [1.54, 1.807) is 0 Å². The highest BCUT2D eigenvalue weighted by Crippen LogP contribution is 2.30. The summed E-state index contributed by atoms with van der Waals surface area (Å²) in [7, 11) is 0. The van der Waals surface area contributed by atoms with Crippen molar-refractivity contribution >= 4 is 37.7 Å². The summed E-state index contributed by atoms with van der Waals surface area (Å²) >= 11 is 7.10. The third-order valence-corrected chi connectivity index (χ3v) is 4.86. The summed E-state index contributed by atoms with van der Waals surface area (Å²) in [5.74, 6) is 1.85. The first-order valence-corrected chi connectivity index (χ1v) is 7.49. The molecule has 2 rings (SSSR count). The summed E-state index contributed by atoms with van der Waals surface area (Å²) in [4.78, 5) is 6.93. The third-order valence-electron chi connectivity index (χ3n) is 3.37. The van der Waals surface area contributed by atoms with Crippen molar-refractivity contribution in [3.63, 3.8) is 0 Å². The van der Waals surface area contributed by atoms with E-state index in [2.05, 4.69) is 61.7 Å². The number of halogens is 2. The van der Waals surface area contributed by atoms with Crippen molar-refractivity contribution in [1.82, 2.24) is 4.98 Å². The molecule has 2 unspecified atom stereocenters. The second-order valence-corrected chi connectivity index (χ2v) is 5.97. The lowest BCUT2D eigenvalue weighted by molar-refractivity contribution is 0.553. The maximum absolute atomic E-state index is 4.51. The topological polar surface area (TPSA) is 16.1 Å². The Morgan fingerprint density at radius 2 is 2.31 bits per heavy atom. The summed E-state index contributed by atoms with van der Waals surface area (Å²) in [5, 5.41) is 1.02. The number of pyridine rings is 1. The van der Waals surface area contributed by atoms with Crippen LogP contribution in [0.15, 0.2) is 16.7 Å². The zero-order valence-corrected chi connectivity index (χ0v) is 12.8. The largest absolute Gasteiger partial charge is 0.353 e. The normalized spacial score (nSPS) is 25.1. The van der Waals surface area contributed by atoms with E-state index < -0.39 is 0 Å². The lowest BCUT2D eigenvalue weighted by atomic mass is 10.1. The number of hydrogen-bond acceptors (Lipinski definition) is 2. The van der Waals surface area contributed by atoms with E-state index in [0.29, 0.717) is 6.04 Å². The molecule has 0 bridgehead atoms. The molecule has 1 fully saturated rings. The van der Waals surface area contributed by atoms with Gasteiger partial charge in [-0.3, -0.25) is 0 Å². The number of rotatable bonds is 2. The Bertz CT molecular complexity index is 381. The highest BCUT2D eigenvalue weighted by atomic mass is 79.9. The molecule has 0 spiro atoms. The van der Waals surface area contributed by atoms with Gasteiger partial charge in [0.05, 0.1) is 0 Å². The van der Waals surface area contributed by atoms with E-state index in [4.69, 9.17) is 0 Å². The molecular weight excluding hydrogens is 332 g/mol. The predicted octanol–water partition coefficient (Wildman–Crippen LogP) is 3.76. The molecule has 0 saturated carbocycles. The van der Waals surface area contributed by atoms with Gasteiger partial charge in [-0.2, -0.15) is 0 Å². The van der Waals surface area contributed by atoms with Gasteiger partial charge in [0.1, 0.15) is 5.82 Å². The molecule has 0 N–H and O–H groups in total. The van der Waals surface area contributed by atoms with Crippen LogP contribution in [0.3, 0.4) is 0 Å². The van der Waals surface area contributed by atoms with Crippen molar-refractivity contribution in [2.45, 2.75) is 26.3 Å². The number of anilines is 1. The molecule has 1 aliphatic heterocycles. The zero-order chi connectivity index (χ0) is 11.7. The Kier molecular flexibility index (Phi) is 3.90. The average Bonchev–Trinajstić information content (AvgIpc) is 2.63. The molecule has 2 heterocycles. The average molecular weight is 348 g/mol. The maximum atomic E-state index is 4.51. The van der Waals surface area contributed by atoms with Crippen LogP contribution in [0.25, 0.3) is 0 Å². The molecule has 88 valence electrons. The van der Waals surface area contributed by atoms with Crippen molar-refractivity contribution in [3.05, 3.63) is 22.3 Å². The summed E-state index contributed by atoms with van der Waals surface area (Å²) in [6.45, 7) is 5.54. The second kappa shape index (κ2) is 5.05. The Morgan fingerprint density at radius 3 is 2.94 bits per heavy atom. The molecule has 1 aromatic heterocycles. The highest BCUT2D eigenvalue weighted by molar-refractivity contribution is 9.10. The van der Waals surface area contributed by atoms with Crippen molar-refractivity contribution < 1.29 is 0 Å². The first-order valence-electron chi connectivity index (χ1n) is 5.58. The monoisotopic (exact) mass is 346 g/mol. The number of aromatic nitrogens is 1. The first-order chi connectivity index (χ1) is 7.63. The standard InChI is InChI=1S/C12H16Br2N2/c1-8-3-4-16(11(8)6-13)12-5-9(2)10(14)7-15-12/h5,7-8,11H,3-4,6H2,1-2H3. The number of hydrogen-bond donors (Lipinski definition) is 0. The number of nitrogens with zero attached hydrogens (tertiary/aromatic N) is 2. The lowest BCUT2D eigenvalue weighted by Gasteiger charge is -2.26. The molecule has 16 heavy (non-hydrogen) atoms. The van der Waals surface area contributed by atoms with Crippen LogP contribution in [-0.2, 0) is 0 Å². The molecule has 2 nitrogen and oxygen atoms in total. The summed E-state index contributed by atoms with van der Waals surface area (Å²) < 4.78 is 1.08. The van der Waals surface area contributed by atoms with Gasteiger partial charge >= 0.3 is 0 Å². The summed E-state index contributed by atoms with van der Waals surface area (Å²) in [5.41, 5.74) is 1.25. The van der Waals surface area contributed by atoms with E-state index >= 15 is 0 Å². The van der Waals surface area contributed by atoms with E-state index in [0.717, 1.165) is 28.1 Å². The number of aryl methyl sites for hydroxylation is 1. The minimum Gasteiger partial charge on any atom is -0.353 e. The van der Waals surface area contributed by atoms with E-state index in [1.807, 2.05) is 6.20 Å². The Morgan fingerprint density at radius 1 is 1.56 bits per heavy atom. The van der Waals surface area contributed by atoms with Gasteiger partial charge in [-0.05, 0) is 46.8 Å². The number of alkyl halides is 1. The van der Waals surface area contributed by atoms with Crippen molar-refractivity contribution in [3.8, 4) is 0 Å². The van der Waals surface area contributed by atoms with Crippen molar-refractivity contribution in [2.75, 3.05) is 16.8 Å². The van der Waals surface area contributed by atoms with Crippen LogP contribution in [-0.4, -0.2) is 22.9 Å². The van der Waals surface area contributed by atoms with Crippen LogP contribution in [0, 0.1) is 12.8 Å². The molecule has 4 heteroatoms. The van der Waals surface area contributed by atoms with Crippen molar-refractivity contribution in [1.29, 1.82) is 0 Å². The smallest absolute Gasteiger partial charge is 0.129 e. The highest BCUT2D eigenvalue weighted by Gasteiger charge is 2.31.